The van der Waals surface area contributed by atoms with Crippen molar-refractivity contribution in [3.63, 3.8) is 0 Å². The maximum Gasteiger partial charge on any atom is 0.267 e. The first kappa shape index (κ1) is 16.4. The Balaban J connectivity index is 2.15. The van der Waals surface area contributed by atoms with Crippen LogP contribution in [-0.2, 0) is 7.05 Å². The number of hydrogen-bond donors (Lipinski definition) is 2. The SMILES string of the molecule is CNC(=O)c1cc2c3c(c(-c4ccccc4Cl)cc2n1C)C(=O)NC3=O. The molecule has 130 valence electrons. The molecular weight excluding hydrogens is 354 g/mol. The Morgan fingerprint density at radius 3 is 2.46 bits per heavy atom. The summed E-state index contributed by atoms with van der Waals surface area (Å²) in [5.41, 5.74) is 2.83. The summed E-state index contributed by atoms with van der Waals surface area (Å²) < 4.78 is 1.70. The molecule has 0 aliphatic carbocycles. The Morgan fingerprint density at radius 2 is 1.77 bits per heavy atom. The van der Waals surface area contributed by atoms with Gasteiger partial charge >= 0.3 is 0 Å². The van der Waals surface area contributed by atoms with Crippen LogP contribution in [0.5, 0.6) is 0 Å². The molecule has 3 aromatic rings. The first-order valence-corrected chi connectivity index (χ1v) is 8.31. The lowest BCUT2D eigenvalue weighted by Gasteiger charge is -2.10. The van der Waals surface area contributed by atoms with Gasteiger partial charge in [-0.15, -0.1) is 0 Å². The fraction of sp³-hybridized carbons (Fsp3) is 0.105. The predicted molar refractivity (Wildman–Crippen MR) is 98.6 cm³/mol. The van der Waals surface area contributed by atoms with E-state index in [1.165, 1.54) is 7.05 Å². The number of carbonyl (C=O) groups excluding carboxylic acids is 3. The van der Waals surface area contributed by atoms with Gasteiger partial charge in [0.05, 0.1) is 11.1 Å². The van der Waals surface area contributed by atoms with Crippen molar-refractivity contribution < 1.29 is 14.4 Å². The number of aryl methyl sites for hydroxylation is 1. The Morgan fingerprint density at radius 1 is 1.08 bits per heavy atom. The molecule has 0 spiro atoms. The summed E-state index contributed by atoms with van der Waals surface area (Å²) in [6, 6.07) is 10.5. The molecule has 2 aromatic carbocycles. The van der Waals surface area contributed by atoms with Gasteiger partial charge in [0, 0.05) is 35.6 Å². The smallest absolute Gasteiger partial charge is 0.267 e. The molecular formula is C19H14ClN3O3. The van der Waals surface area contributed by atoms with E-state index >= 15 is 0 Å². The fourth-order valence-corrected chi connectivity index (χ4v) is 3.65. The van der Waals surface area contributed by atoms with Gasteiger partial charge in [0.1, 0.15) is 5.69 Å². The number of benzene rings is 2. The van der Waals surface area contributed by atoms with Crippen LogP contribution >= 0.6 is 11.6 Å². The lowest BCUT2D eigenvalue weighted by molar-refractivity contribution is 0.0878. The molecule has 3 amide bonds. The molecule has 0 bridgehead atoms. The molecule has 0 saturated carbocycles. The minimum absolute atomic E-state index is 0.271. The number of nitrogens with one attached hydrogen (secondary N) is 2. The predicted octanol–water partition coefficient (Wildman–Crippen LogP) is 2.74. The Hall–Kier alpha value is -3.12. The van der Waals surface area contributed by atoms with E-state index in [1.54, 1.807) is 41.9 Å². The number of carbonyl (C=O) groups is 3. The summed E-state index contributed by atoms with van der Waals surface area (Å²) in [5.74, 6) is -1.22. The van der Waals surface area contributed by atoms with E-state index in [2.05, 4.69) is 10.6 Å². The normalized spacial score (nSPS) is 13.0. The summed E-state index contributed by atoms with van der Waals surface area (Å²) >= 11 is 6.33. The van der Waals surface area contributed by atoms with Crippen molar-refractivity contribution in [1.29, 1.82) is 0 Å². The van der Waals surface area contributed by atoms with Crippen LogP contribution in [0.15, 0.2) is 36.4 Å². The fourth-order valence-electron chi connectivity index (χ4n) is 3.41. The molecule has 2 heterocycles. The minimum Gasteiger partial charge on any atom is -0.354 e. The van der Waals surface area contributed by atoms with Gasteiger partial charge in [-0.2, -0.15) is 0 Å². The van der Waals surface area contributed by atoms with Crippen LogP contribution in [-0.4, -0.2) is 29.3 Å². The van der Waals surface area contributed by atoms with Crippen molar-refractivity contribution in [3.8, 4) is 11.1 Å². The third-order valence-electron chi connectivity index (χ3n) is 4.65. The Bertz CT molecular complexity index is 1130. The molecule has 1 aliphatic rings. The first-order valence-electron chi connectivity index (χ1n) is 7.93. The maximum absolute atomic E-state index is 12.4. The number of halogens is 1. The number of amides is 3. The van der Waals surface area contributed by atoms with Crippen molar-refractivity contribution in [2.24, 2.45) is 7.05 Å². The van der Waals surface area contributed by atoms with Crippen LogP contribution in [0.3, 0.4) is 0 Å². The third-order valence-corrected chi connectivity index (χ3v) is 4.98. The summed E-state index contributed by atoms with van der Waals surface area (Å²) in [6.45, 7) is 0. The highest BCUT2D eigenvalue weighted by Crippen LogP contribution is 2.38. The Kier molecular flexibility index (Phi) is 3.59. The van der Waals surface area contributed by atoms with Gasteiger partial charge in [-0.25, -0.2) is 0 Å². The summed E-state index contributed by atoms with van der Waals surface area (Å²) in [6.07, 6.45) is 0. The Labute approximate surface area is 153 Å². The minimum atomic E-state index is -0.474. The topological polar surface area (TPSA) is 80.2 Å². The van der Waals surface area contributed by atoms with E-state index < -0.39 is 11.8 Å². The number of hydrogen-bond acceptors (Lipinski definition) is 3. The van der Waals surface area contributed by atoms with Crippen LogP contribution in [0, 0.1) is 0 Å². The molecule has 0 saturated heterocycles. The lowest BCUT2D eigenvalue weighted by atomic mass is 9.94. The zero-order valence-electron chi connectivity index (χ0n) is 14.0. The van der Waals surface area contributed by atoms with Gasteiger partial charge in [0.2, 0.25) is 0 Å². The van der Waals surface area contributed by atoms with E-state index in [9.17, 15) is 14.4 Å². The standard InChI is InChI=1S/C19H14ClN3O3/c1-21-17(24)14-8-11-13(23(14)2)7-10(9-5-3-4-6-12(9)20)15-16(11)19(26)22-18(15)25/h3-8H,1-2H3,(H,21,24)(H,22,25,26). The summed E-state index contributed by atoms with van der Waals surface area (Å²) in [4.78, 5) is 37.0. The summed E-state index contributed by atoms with van der Waals surface area (Å²) in [5, 5.41) is 5.95. The second-order valence-electron chi connectivity index (χ2n) is 6.04. The van der Waals surface area contributed by atoms with Gasteiger partial charge in [-0.3, -0.25) is 19.7 Å². The highest BCUT2D eigenvalue weighted by molar-refractivity contribution is 6.35. The van der Waals surface area contributed by atoms with Gasteiger partial charge in [0.25, 0.3) is 17.7 Å². The van der Waals surface area contributed by atoms with Crippen molar-refractivity contribution in [2.45, 2.75) is 0 Å². The van der Waals surface area contributed by atoms with Crippen LogP contribution in [0.4, 0.5) is 0 Å². The zero-order valence-corrected chi connectivity index (χ0v) is 14.8. The van der Waals surface area contributed by atoms with Gasteiger partial charge < -0.3 is 9.88 Å². The van der Waals surface area contributed by atoms with Crippen LogP contribution in [0.25, 0.3) is 22.0 Å². The zero-order chi connectivity index (χ0) is 18.6. The van der Waals surface area contributed by atoms with E-state index in [4.69, 9.17) is 11.6 Å². The average Bonchev–Trinajstić information content (AvgIpc) is 3.11. The first-order chi connectivity index (χ1) is 12.4. The van der Waals surface area contributed by atoms with Crippen LogP contribution in [0.1, 0.15) is 31.2 Å². The molecule has 2 N–H and O–H groups in total. The second-order valence-corrected chi connectivity index (χ2v) is 6.44. The van der Waals surface area contributed by atoms with Crippen molar-refractivity contribution >= 4 is 40.2 Å². The molecule has 7 heteroatoms. The molecule has 26 heavy (non-hydrogen) atoms. The molecule has 0 atom stereocenters. The quantitative estimate of drug-likeness (QED) is 0.683. The molecule has 6 nitrogen and oxygen atoms in total. The van der Waals surface area contributed by atoms with E-state index in [1.807, 2.05) is 6.07 Å². The molecule has 4 rings (SSSR count). The van der Waals surface area contributed by atoms with E-state index in [0.717, 1.165) is 0 Å². The van der Waals surface area contributed by atoms with Crippen molar-refractivity contribution in [2.75, 3.05) is 7.05 Å². The third kappa shape index (κ3) is 2.16. The van der Waals surface area contributed by atoms with Crippen LogP contribution in [0.2, 0.25) is 5.02 Å². The molecule has 1 aromatic heterocycles. The van der Waals surface area contributed by atoms with Crippen LogP contribution < -0.4 is 10.6 Å². The largest absolute Gasteiger partial charge is 0.354 e. The number of fused-ring (bicyclic) bond motifs is 3. The monoisotopic (exact) mass is 367 g/mol. The van der Waals surface area contributed by atoms with E-state index in [0.29, 0.717) is 32.7 Å². The van der Waals surface area contributed by atoms with Gasteiger partial charge in [-0.1, -0.05) is 29.8 Å². The van der Waals surface area contributed by atoms with Gasteiger partial charge in [0.15, 0.2) is 0 Å². The number of imide groups is 1. The maximum atomic E-state index is 12.4. The summed E-state index contributed by atoms with van der Waals surface area (Å²) in [7, 11) is 3.28. The number of nitrogens with zero attached hydrogens (tertiary/aromatic N) is 1. The van der Waals surface area contributed by atoms with Crippen molar-refractivity contribution in [3.05, 3.63) is 58.2 Å². The highest BCUT2D eigenvalue weighted by atomic mass is 35.5. The number of rotatable bonds is 2. The molecule has 1 aliphatic heterocycles. The van der Waals surface area contributed by atoms with E-state index in [-0.39, 0.29) is 17.0 Å². The molecule has 0 radical (unpaired) electrons. The van der Waals surface area contributed by atoms with Gasteiger partial charge in [-0.05, 0) is 23.8 Å². The number of aromatic nitrogens is 1. The molecule has 0 fully saturated rings. The average molecular weight is 368 g/mol. The highest BCUT2D eigenvalue weighted by Gasteiger charge is 2.34. The lowest BCUT2D eigenvalue weighted by Crippen LogP contribution is -2.20. The molecule has 0 unspecified atom stereocenters. The van der Waals surface area contributed by atoms with Crippen molar-refractivity contribution in [1.82, 2.24) is 15.2 Å². The second kappa shape index (κ2) is 5.71.